The van der Waals surface area contributed by atoms with E-state index >= 15 is 0 Å². The molecule has 9 nitrogen and oxygen atoms in total. The maximum Gasteiger partial charge on any atom is 0.295 e. The van der Waals surface area contributed by atoms with Crippen molar-refractivity contribution in [1.29, 1.82) is 0 Å². The molecule has 0 saturated carbocycles. The van der Waals surface area contributed by atoms with Crippen LogP contribution in [0.3, 0.4) is 0 Å². The molecule has 1 aromatic heterocycles. The normalized spacial score (nSPS) is 11.8. The van der Waals surface area contributed by atoms with E-state index in [9.17, 15) is 19.2 Å². The van der Waals surface area contributed by atoms with Gasteiger partial charge in [0.25, 0.3) is 17.4 Å². The minimum Gasteiger partial charge on any atom is -0.321 e. The van der Waals surface area contributed by atoms with Gasteiger partial charge in [-0.15, -0.1) is 11.8 Å². The summed E-state index contributed by atoms with van der Waals surface area (Å²) in [5, 5.41) is 8.25. The molecule has 0 aliphatic carbocycles. The molecule has 6 rings (SSSR count). The van der Waals surface area contributed by atoms with E-state index in [2.05, 4.69) is 16.0 Å². The van der Waals surface area contributed by atoms with Crippen molar-refractivity contribution in [2.75, 3.05) is 10.6 Å². The van der Waals surface area contributed by atoms with Gasteiger partial charge in [-0.05, 0) is 78.7 Å². The summed E-state index contributed by atoms with van der Waals surface area (Å²) in [6.07, 6.45) is 1.55. The number of carbonyl (C=O) groups is 3. The molecule has 0 spiro atoms. The molecule has 0 aliphatic rings. The van der Waals surface area contributed by atoms with E-state index in [1.807, 2.05) is 66.7 Å². The Bertz CT molecular complexity index is 2320. The SMILES string of the molecule is Cc1c(NC(=O)C(Sc2cccc(NC(=O)/C(=C/c3cccc(Cl)c3)NC(=O)c3ccccc3)c2)c2ccccc2)c(=O)n(-c2ccccc2)n1C. The van der Waals surface area contributed by atoms with Gasteiger partial charge in [-0.25, -0.2) is 4.68 Å². The van der Waals surface area contributed by atoms with Crippen LogP contribution in [0, 0.1) is 6.92 Å². The van der Waals surface area contributed by atoms with Crippen LogP contribution < -0.4 is 21.5 Å². The summed E-state index contributed by atoms with van der Waals surface area (Å²) in [6.45, 7) is 1.78. The van der Waals surface area contributed by atoms with Gasteiger partial charge in [-0.1, -0.05) is 96.5 Å². The van der Waals surface area contributed by atoms with Gasteiger partial charge in [-0.3, -0.25) is 23.9 Å². The second-order valence-electron chi connectivity index (χ2n) is 11.7. The average Bonchev–Trinajstić information content (AvgIpc) is 3.37. The fraction of sp³-hybridized carbons (Fsp3) is 0.0732. The predicted molar refractivity (Wildman–Crippen MR) is 208 cm³/mol. The zero-order chi connectivity index (χ0) is 36.6. The molecule has 0 fully saturated rings. The van der Waals surface area contributed by atoms with Crippen LogP contribution in [0.5, 0.6) is 0 Å². The Balaban J connectivity index is 1.25. The molecule has 260 valence electrons. The van der Waals surface area contributed by atoms with Gasteiger partial charge in [0.1, 0.15) is 16.6 Å². The Morgan fingerprint density at radius 2 is 1.42 bits per heavy atom. The lowest BCUT2D eigenvalue weighted by Crippen LogP contribution is -2.30. The number of hydrogen-bond donors (Lipinski definition) is 3. The highest BCUT2D eigenvalue weighted by molar-refractivity contribution is 8.00. The molecule has 1 heterocycles. The summed E-state index contributed by atoms with van der Waals surface area (Å²) in [4.78, 5) is 55.1. The number of benzene rings is 5. The largest absolute Gasteiger partial charge is 0.321 e. The van der Waals surface area contributed by atoms with Gasteiger partial charge in [-0.2, -0.15) is 0 Å². The van der Waals surface area contributed by atoms with Crippen molar-refractivity contribution in [3.8, 4) is 5.69 Å². The Morgan fingerprint density at radius 1 is 0.769 bits per heavy atom. The van der Waals surface area contributed by atoms with Gasteiger partial charge in [0.05, 0.1) is 11.4 Å². The first-order chi connectivity index (χ1) is 25.2. The number of carbonyl (C=O) groups excluding carboxylic acids is 3. The fourth-order valence-corrected chi connectivity index (χ4v) is 6.77. The molecule has 1 unspecified atom stereocenters. The third-order valence-electron chi connectivity index (χ3n) is 8.18. The molecule has 52 heavy (non-hydrogen) atoms. The van der Waals surface area contributed by atoms with Crippen molar-refractivity contribution >= 4 is 58.5 Å². The Hall–Kier alpha value is -6.10. The van der Waals surface area contributed by atoms with E-state index in [0.29, 0.717) is 38.1 Å². The maximum absolute atomic E-state index is 14.0. The third-order valence-corrected chi connectivity index (χ3v) is 9.66. The van der Waals surface area contributed by atoms with Crippen LogP contribution >= 0.6 is 23.4 Å². The number of hydrogen-bond acceptors (Lipinski definition) is 5. The van der Waals surface area contributed by atoms with E-state index in [4.69, 9.17) is 11.6 Å². The van der Waals surface area contributed by atoms with E-state index in [1.54, 1.807) is 97.5 Å². The number of amides is 3. The van der Waals surface area contributed by atoms with Gasteiger partial charge in [0, 0.05) is 28.2 Å². The lowest BCUT2D eigenvalue weighted by atomic mass is 10.1. The van der Waals surface area contributed by atoms with Crippen molar-refractivity contribution in [2.45, 2.75) is 17.1 Å². The molecule has 11 heteroatoms. The standard InChI is InChI=1S/C41H34ClN5O4S/c1-27-36(41(51)47(46(27)2)33-21-10-5-11-22-33)45-40(50)37(29-15-6-3-7-16-29)52-34-23-13-20-32(26-34)43-39(49)35(25-28-14-12-19-31(42)24-28)44-38(48)30-17-8-4-9-18-30/h3-26,37H,1-2H3,(H,43,49)(H,44,48)(H,45,50)/b35-25-. The molecule has 6 aromatic rings. The van der Waals surface area contributed by atoms with E-state index < -0.39 is 17.1 Å². The van der Waals surface area contributed by atoms with E-state index in [1.165, 1.54) is 16.4 Å². The van der Waals surface area contributed by atoms with Crippen molar-refractivity contribution < 1.29 is 14.4 Å². The summed E-state index contributed by atoms with van der Waals surface area (Å²) in [5.74, 6) is -1.39. The number of aromatic nitrogens is 2. The lowest BCUT2D eigenvalue weighted by Gasteiger charge is -2.17. The maximum atomic E-state index is 14.0. The quantitative estimate of drug-likeness (QED) is 0.0924. The second-order valence-corrected chi connectivity index (χ2v) is 13.4. The zero-order valence-electron chi connectivity index (χ0n) is 28.2. The predicted octanol–water partition coefficient (Wildman–Crippen LogP) is 8.02. The second kappa shape index (κ2) is 16.3. The molecule has 0 saturated heterocycles. The monoisotopic (exact) mass is 727 g/mol. The van der Waals surface area contributed by atoms with Crippen LogP contribution in [-0.4, -0.2) is 27.1 Å². The summed E-state index contributed by atoms with van der Waals surface area (Å²) in [6, 6.07) is 41.1. The van der Waals surface area contributed by atoms with Crippen LogP contribution in [0.1, 0.15) is 32.4 Å². The molecule has 0 radical (unpaired) electrons. The Kier molecular flexibility index (Phi) is 11.2. The Labute approximate surface area is 309 Å². The highest BCUT2D eigenvalue weighted by atomic mass is 35.5. The van der Waals surface area contributed by atoms with Gasteiger partial charge in [0.2, 0.25) is 5.91 Å². The van der Waals surface area contributed by atoms with Crippen LogP contribution in [0.15, 0.2) is 155 Å². The van der Waals surface area contributed by atoms with Crippen molar-refractivity contribution in [1.82, 2.24) is 14.7 Å². The van der Waals surface area contributed by atoms with Crippen molar-refractivity contribution in [2.24, 2.45) is 7.05 Å². The minimum absolute atomic E-state index is 0.00936. The summed E-state index contributed by atoms with van der Waals surface area (Å²) < 4.78 is 3.22. The first-order valence-electron chi connectivity index (χ1n) is 16.3. The summed E-state index contributed by atoms with van der Waals surface area (Å²) in [7, 11) is 1.77. The minimum atomic E-state index is -0.750. The lowest BCUT2D eigenvalue weighted by molar-refractivity contribution is -0.116. The highest BCUT2D eigenvalue weighted by Gasteiger charge is 2.26. The molecule has 1 atom stereocenters. The molecular weight excluding hydrogens is 694 g/mol. The highest BCUT2D eigenvalue weighted by Crippen LogP contribution is 2.37. The molecule has 0 bridgehead atoms. The number of anilines is 2. The van der Waals surface area contributed by atoms with Crippen LogP contribution in [0.4, 0.5) is 11.4 Å². The molecule has 3 N–H and O–H groups in total. The number of thioether (sulfide) groups is 1. The summed E-state index contributed by atoms with van der Waals surface area (Å²) >= 11 is 7.47. The smallest absolute Gasteiger partial charge is 0.295 e. The molecule has 0 aliphatic heterocycles. The van der Waals surface area contributed by atoms with Crippen molar-refractivity contribution in [3.63, 3.8) is 0 Å². The first-order valence-corrected chi connectivity index (χ1v) is 17.6. The topological polar surface area (TPSA) is 114 Å². The molecule has 5 aromatic carbocycles. The summed E-state index contributed by atoms with van der Waals surface area (Å²) in [5.41, 5.74) is 3.32. The zero-order valence-corrected chi connectivity index (χ0v) is 29.8. The Morgan fingerprint density at radius 3 is 2.12 bits per heavy atom. The van der Waals surface area contributed by atoms with Crippen LogP contribution in [0.2, 0.25) is 5.02 Å². The number of para-hydroxylation sites is 1. The van der Waals surface area contributed by atoms with Gasteiger partial charge in [0.15, 0.2) is 0 Å². The number of nitrogens with one attached hydrogen (secondary N) is 3. The van der Waals surface area contributed by atoms with E-state index in [-0.39, 0.29) is 22.9 Å². The molecule has 3 amide bonds. The fourth-order valence-electron chi connectivity index (χ4n) is 5.49. The number of halogens is 1. The first kappa shape index (κ1) is 35.7. The number of rotatable bonds is 11. The number of nitrogens with zero attached hydrogens (tertiary/aromatic N) is 2. The van der Waals surface area contributed by atoms with Gasteiger partial charge >= 0.3 is 0 Å². The average molecular weight is 728 g/mol. The van der Waals surface area contributed by atoms with Crippen LogP contribution in [0.25, 0.3) is 11.8 Å². The third kappa shape index (κ3) is 8.43. The van der Waals surface area contributed by atoms with E-state index in [0.717, 1.165) is 5.56 Å². The van der Waals surface area contributed by atoms with Crippen LogP contribution in [-0.2, 0) is 16.6 Å². The van der Waals surface area contributed by atoms with Gasteiger partial charge < -0.3 is 16.0 Å². The van der Waals surface area contributed by atoms with Crippen molar-refractivity contribution in [3.05, 3.63) is 183 Å². The molecular formula is C41H34ClN5O4S.